The van der Waals surface area contributed by atoms with Crippen LogP contribution in [-0.2, 0) is 0 Å². The van der Waals surface area contributed by atoms with Gasteiger partial charge in [0.15, 0.2) is 11.5 Å². The summed E-state index contributed by atoms with van der Waals surface area (Å²) in [6.07, 6.45) is 4.84. The van der Waals surface area contributed by atoms with E-state index >= 15 is 0 Å². The Bertz CT molecular complexity index is 427. The van der Waals surface area contributed by atoms with Crippen molar-refractivity contribution in [3.05, 3.63) is 18.0 Å². The van der Waals surface area contributed by atoms with Crippen LogP contribution in [-0.4, -0.2) is 28.3 Å². The van der Waals surface area contributed by atoms with Crippen LogP contribution in [0.5, 0.6) is 11.5 Å². The second-order valence-corrected chi connectivity index (χ2v) is 4.30. The minimum atomic E-state index is -1.06. The van der Waals surface area contributed by atoms with Gasteiger partial charge in [-0.05, 0) is 26.7 Å². The molecule has 1 N–H and O–H groups in total. The van der Waals surface area contributed by atoms with Crippen molar-refractivity contribution in [1.29, 1.82) is 0 Å². The van der Waals surface area contributed by atoms with E-state index in [1.807, 2.05) is 13.8 Å². The molecule has 0 radical (unpaired) electrons. The minimum Gasteiger partial charge on any atom is -0.486 e. The van der Waals surface area contributed by atoms with Gasteiger partial charge < -0.3 is 14.6 Å². The number of rotatable bonds is 5. The summed E-state index contributed by atoms with van der Waals surface area (Å²) in [5.74, 6) is -0.370. The van der Waals surface area contributed by atoms with Gasteiger partial charge in [-0.25, -0.2) is 4.79 Å². The molecule has 0 amide bonds. The first kappa shape index (κ1) is 11.7. The zero-order valence-electron chi connectivity index (χ0n) is 9.84. The van der Waals surface area contributed by atoms with Gasteiger partial charge >= 0.3 is 5.97 Å². The van der Waals surface area contributed by atoms with E-state index in [1.165, 1.54) is 12.4 Å². The number of nitrogens with zero attached hydrogens (tertiary/aromatic N) is 1. The van der Waals surface area contributed by atoms with E-state index in [0.29, 0.717) is 5.75 Å². The first-order valence-electron chi connectivity index (χ1n) is 5.62. The molecule has 0 aromatic carbocycles. The maximum atomic E-state index is 11.1. The van der Waals surface area contributed by atoms with Gasteiger partial charge in [0.25, 0.3) is 0 Å². The van der Waals surface area contributed by atoms with Crippen molar-refractivity contribution in [2.45, 2.75) is 38.9 Å². The molecule has 1 aromatic rings. The van der Waals surface area contributed by atoms with Gasteiger partial charge in [-0.15, -0.1) is 0 Å². The SMILES string of the molecule is CC(C)Oc1c(OC2CC2)cncc1C(=O)O. The van der Waals surface area contributed by atoms with Crippen molar-refractivity contribution in [2.24, 2.45) is 0 Å². The van der Waals surface area contributed by atoms with Crippen molar-refractivity contribution in [1.82, 2.24) is 4.98 Å². The molecule has 1 heterocycles. The zero-order chi connectivity index (χ0) is 12.4. The molecular weight excluding hydrogens is 222 g/mol. The summed E-state index contributed by atoms with van der Waals surface area (Å²) in [6.45, 7) is 3.68. The third kappa shape index (κ3) is 2.87. The van der Waals surface area contributed by atoms with Crippen LogP contribution in [0.25, 0.3) is 0 Å². The number of aromatic carboxylic acids is 1. The van der Waals surface area contributed by atoms with Crippen LogP contribution in [0.3, 0.4) is 0 Å². The summed E-state index contributed by atoms with van der Waals surface area (Å²) < 4.78 is 11.1. The number of carboxylic acids is 1. The molecule has 17 heavy (non-hydrogen) atoms. The molecule has 0 bridgehead atoms. The summed E-state index contributed by atoms with van der Waals surface area (Å²) in [4.78, 5) is 15.0. The number of ether oxygens (including phenoxy) is 2. The quantitative estimate of drug-likeness (QED) is 0.849. The molecule has 1 fully saturated rings. The highest BCUT2D eigenvalue weighted by molar-refractivity contribution is 5.91. The average molecular weight is 237 g/mol. The number of hydrogen-bond acceptors (Lipinski definition) is 4. The number of hydrogen-bond donors (Lipinski definition) is 1. The monoisotopic (exact) mass is 237 g/mol. The Labute approximate surface area is 99.4 Å². The third-order valence-electron chi connectivity index (χ3n) is 2.27. The van der Waals surface area contributed by atoms with Crippen molar-refractivity contribution < 1.29 is 19.4 Å². The van der Waals surface area contributed by atoms with Gasteiger partial charge in [-0.3, -0.25) is 4.98 Å². The van der Waals surface area contributed by atoms with Crippen molar-refractivity contribution in [3.8, 4) is 11.5 Å². The lowest BCUT2D eigenvalue weighted by Gasteiger charge is -2.16. The second kappa shape index (κ2) is 4.61. The Morgan fingerprint density at radius 1 is 1.47 bits per heavy atom. The van der Waals surface area contributed by atoms with Crippen LogP contribution in [0, 0.1) is 0 Å². The molecule has 0 aliphatic heterocycles. The topological polar surface area (TPSA) is 68.7 Å². The number of carboxylic acid groups (broad SMARTS) is 1. The third-order valence-corrected chi connectivity index (χ3v) is 2.27. The summed E-state index contributed by atoms with van der Waals surface area (Å²) in [5.41, 5.74) is 0.0388. The number of pyridine rings is 1. The van der Waals surface area contributed by atoms with Gasteiger partial charge in [0.1, 0.15) is 5.56 Å². The van der Waals surface area contributed by atoms with Gasteiger partial charge in [0.2, 0.25) is 0 Å². The van der Waals surface area contributed by atoms with Gasteiger partial charge in [-0.2, -0.15) is 0 Å². The minimum absolute atomic E-state index is 0.0388. The predicted octanol–water partition coefficient (Wildman–Crippen LogP) is 2.11. The first-order valence-corrected chi connectivity index (χ1v) is 5.62. The molecule has 1 saturated carbocycles. The molecule has 0 unspecified atom stereocenters. The maximum Gasteiger partial charge on any atom is 0.341 e. The largest absolute Gasteiger partial charge is 0.486 e. The summed E-state index contributed by atoms with van der Waals surface area (Å²) in [7, 11) is 0. The number of aromatic nitrogens is 1. The van der Waals surface area contributed by atoms with E-state index in [1.54, 1.807) is 0 Å². The Hall–Kier alpha value is -1.78. The van der Waals surface area contributed by atoms with E-state index in [-0.39, 0.29) is 23.5 Å². The highest BCUT2D eigenvalue weighted by Crippen LogP contribution is 2.35. The Balaban J connectivity index is 2.34. The van der Waals surface area contributed by atoms with Crippen LogP contribution in [0.4, 0.5) is 0 Å². The Kier molecular flexibility index (Phi) is 3.17. The molecule has 5 heteroatoms. The van der Waals surface area contributed by atoms with Gasteiger partial charge in [0, 0.05) is 6.20 Å². The van der Waals surface area contributed by atoms with Crippen molar-refractivity contribution >= 4 is 5.97 Å². The summed E-state index contributed by atoms with van der Waals surface area (Å²) >= 11 is 0. The van der Waals surface area contributed by atoms with Crippen molar-refractivity contribution in [2.75, 3.05) is 0 Å². The Morgan fingerprint density at radius 3 is 2.71 bits per heavy atom. The lowest BCUT2D eigenvalue weighted by atomic mass is 10.2. The van der Waals surface area contributed by atoms with E-state index in [9.17, 15) is 4.79 Å². The van der Waals surface area contributed by atoms with E-state index < -0.39 is 5.97 Å². The molecule has 1 aromatic heterocycles. The Morgan fingerprint density at radius 2 is 2.18 bits per heavy atom. The van der Waals surface area contributed by atoms with Crippen LogP contribution in [0.15, 0.2) is 12.4 Å². The molecule has 2 rings (SSSR count). The van der Waals surface area contributed by atoms with E-state index in [4.69, 9.17) is 14.6 Å². The highest BCUT2D eigenvalue weighted by atomic mass is 16.5. The van der Waals surface area contributed by atoms with Gasteiger partial charge in [0.05, 0.1) is 18.4 Å². The molecule has 92 valence electrons. The molecule has 0 spiro atoms. The first-order chi connectivity index (χ1) is 8.08. The lowest BCUT2D eigenvalue weighted by molar-refractivity contribution is 0.0688. The smallest absolute Gasteiger partial charge is 0.341 e. The van der Waals surface area contributed by atoms with Gasteiger partial charge in [-0.1, -0.05) is 0 Å². The summed E-state index contributed by atoms with van der Waals surface area (Å²) in [6, 6.07) is 0. The molecule has 0 atom stereocenters. The van der Waals surface area contributed by atoms with Crippen LogP contribution in [0.2, 0.25) is 0 Å². The summed E-state index contributed by atoms with van der Waals surface area (Å²) in [5, 5.41) is 9.08. The molecule has 5 nitrogen and oxygen atoms in total. The highest BCUT2D eigenvalue weighted by Gasteiger charge is 2.27. The fourth-order valence-electron chi connectivity index (χ4n) is 1.39. The second-order valence-electron chi connectivity index (χ2n) is 4.30. The normalized spacial score (nSPS) is 14.8. The molecular formula is C12H15NO4. The maximum absolute atomic E-state index is 11.1. The molecule has 1 aliphatic carbocycles. The van der Waals surface area contributed by atoms with E-state index in [2.05, 4.69) is 4.98 Å². The number of carbonyl (C=O) groups is 1. The average Bonchev–Trinajstić information content (AvgIpc) is 3.03. The fraction of sp³-hybridized carbons (Fsp3) is 0.500. The van der Waals surface area contributed by atoms with Crippen LogP contribution >= 0.6 is 0 Å². The van der Waals surface area contributed by atoms with E-state index in [0.717, 1.165) is 12.8 Å². The fourth-order valence-corrected chi connectivity index (χ4v) is 1.39. The standard InChI is InChI=1S/C12H15NO4/c1-7(2)16-11-9(12(14)15)5-13-6-10(11)17-8-3-4-8/h5-8H,3-4H2,1-2H3,(H,14,15). The molecule has 1 aliphatic rings. The van der Waals surface area contributed by atoms with Crippen LogP contribution < -0.4 is 9.47 Å². The van der Waals surface area contributed by atoms with Crippen molar-refractivity contribution in [3.63, 3.8) is 0 Å². The molecule has 0 saturated heterocycles. The predicted molar refractivity (Wildman–Crippen MR) is 60.6 cm³/mol. The van der Waals surface area contributed by atoms with Crippen LogP contribution in [0.1, 0.15) is 37.0 Å². The lowest BCUT2D eigenvalue weighted by Crippen LogP contribution is -2.12. The zero-order valence-corrected chi connectivity index (χ0v) is 9.84.